The second kappa shape index (κ2) is 5.45. The largest absolute Gasteiger partial charge is 0.411 e. The van der Waals surface area contributed by atoms with Gasteiger partial charge in [0, 0.05) is 5.56 Å². The molecule has 5 heteroatoms. The van der Waals surface area contributed by atoms with Gasteiger partial charge in [0.05, 0.1) is 11.8 Å². The van der Waals surface area contributed by atoms with Gasteiger partial charge in [-0.1, -0.05) is 44.7 Å². The molecule has 0 saturated heterocycles. The summed E-state index contributed by atoms with van der Waals surface area (Å²) in [6.07, 6.45) is 0. The molecular formula is C14H15N3OS. The van der Waals surface area contributed by atoms with Gasteiger partial charge in [-0.3, -0.25) is 0 Å². The predicted molar refractivity (Wildman–Crippen MR) is 74.8 cm³/mol. The van der Waals surface area contributed by atoms with Crippen molar-refractivity contribution in [3.8, 4) is 17.5 Å². The molecule has 98 valence electrons. The molecule has 0 aliphatic heterocycles. The van der Waals surface area contributed by atoms with E-state index in [1.54, 1.807) is 0 Å². The van der Waals surface area contributed by atoms with Gasteiger partial charge in [-0.2, -0.15) is 5.26 Å². The number of benzene rings is 1. The van der Waals surface area contributed by atoms with Crippen molar-refractivity contribution in [3.05, 3.63) is 29.8 Å². The molecule has 0 radical (unpaired) electrons. The molecule has 2 rings (SSSR count). The number of thioether (sulfide) groups is 1. The number of nitrogens with zero attached hydrogens (tertiary/aromatic N) is 3. The highest BCUT2D eigenvalue weighted by Gasteiger charge is 2.14. The van der Waals surface area contributed by atoms with Crippen LogP contribution in [0.15, 0.2) is 33.9 Å². The molecule has 1 heterocycles. The Morgan fingerprint density at radius 2 is 1.89 bits per heavy atom. The molecule has 0 saturated carbocycles. The predicted octanol–water partition coefficient (Wildman–Crippen LogP) is 3.65. The van der Waals surface area contributed by atoms with E-state index in [4.69, 9.17) is 9.68 Å². The highest BCUT2D eigenvalue weighted by molar-refractivity contribution is 7.99. The Kier molecular flexibility index (Phi) is 3.91. The molecule has 1 aromatic carbocycles. The molecule has 0 atom stereocenters. The van der Waals surface area contributed by atoms with Gasteiger partial charge in [-0.15, -0.1) is 10.2 Å². The van der Waals surface area contributed by atoms with E-state index in [1.807, 2.05) is 18.2 Å². The van der Waals surface area contributed by atoms with Crippen molar-refractivity contribution in [1.29, 1.82) is 5.26 Å². The van der Waals surface area contributed by atoms with Crippen LogP contribution in [0.4, 0.5) is 0 Å². The van der Waals surface area contributed by atoms with Crippen molar-refractivity contribution < 1.29 is 4.42 Å². The first-order valence-corrected chi connectivity index (χ1v) is 6.93. The lowest BCUT2D eigenvalue weighted by Crippen LogP contribution is -2.10. The summed E-state index contributed by atoms with van der Waals surface area (Å²) in [5, 5.41) is 16.8. The lowest BCUT2D eigenvalue weighted by Gasteiger charge is -2.18. The average molecular weight is 273 g/mol. The van der Waals surface area contributed by atoms with Gasteiger partial charge >= 0.3 is 0 Å². The Bertz CT molecular complexity index is 590. The van der Waals surface area contributed by atoms with Crippen LogP contribution >= 0.6 is 11.8 Å². The number of hydrogen-bond donors (Lipinski definition) is 0. The van der Waals surface area contributed by atoms with Crippen LogP contribution in [-0.2, 0) is 5.41 Å². The third kappa shape index (κ3) is 3.36. The summed E-state index contributed by atoms with van der Waals surface area (Å²) in [6.45, 7) is 6.52. The van der Waals surface area contributed by atoms with Gasteiger partial charge in [-0.05, 0) is 23.1 Å². The van der Waals surface area contributed by atoms with Crippen LogP contribution in [0.3, 0.4) is 0 Å². The van der Waals surface area contributed by atoms with Crippen molar-refractivity contribution in [2.24, 2.45) is 0 Å². The third-order valence-corrected chi connectivity index (χ3v) is 3.35. The number of rotatable bonds is 3. The summed E-state index contributed by atoms with van der Waals surface area (Å²) in [4.78, 5) is 0. The molecule has 1 aromatic heterocycles. The zero-order valence-corrected chi connectivity index (χ0v) is 12.0. The summed E-state index contributed by atoms with van der Waals surface area (Å²) < 4.78 is 5.49. The fraction of sp³-hybridized carbons (Fsp3) is 0.357. The zero-order valence-electron chi connectivity index (χ0n) is 11.2. The molecule has 0 fully saturated rings. The Labute approximate surface area is 116 Å². The Hall–Kier alpha value is -1.80. The maximum atomic E-state index is 8.50. The molecule has 2 aromatic rings. The van der Waals surface area contributed by atoms with Crippen molar-refractivity contribution in [3.63, 3.8) is 0 Å². The summed E-state index contributed by atoms with van der Waals surface area (Å²) >= 11 is 1.24. The van der Waals surface area contributed by atoms with E-state index >= 15 is 0 Å². The summed E-state index contributed by atoms with van der Waals surface area (Å²) in [6, 6.07) is 10.1. The summed E-state index contributed by atoms with van der Waals surface area (Å²) in [5.41, 5.74) is 2.28. The summed E-state index contributed by atoms with van der Waals surface area (Å²) in [7, 11) is 0. The number of hydrogen-bond acceptors (Lipinski definition) is 5. The second-order valence-electron chi connectivity index (χ2n) is 5.15. The van der Waals surface area contributed by atoms with E-state index in [2.05, 4.69) is 43.1 Å². The van der Waals surface area contributed by atoms with E-state index in [-0.39, 0.29) is 5.41 Å². The van der Waals surface area contributed by atoms with E-state index in [0.29, 0.717) is 16.9 Å². The first kappa shape index (κ1) is 13.6. The summed E-state index contributed by atoms with van der Waals surface area (Å²) in [5.74, 6) is 0.797. The van der Waals surface area contributed by atoms with Crippen LogP contribution < -0.4 is 0 Å². The average Bonchev–Trinajstić information content (AvgIpc) is 2.84. The van der Waals surface area contributed by atoms with Crippen LogP contribution in [0.2, 0.25) is 0 Å². The standard InChI is InChI=1S/C14H15N3OS/c1-14(2,3)11-6-4-10(5-7-11)12-16-17-13(18-12)19-9-8-15/h4-7H,9H2,1-3H3. The molecule has 19 heavy (non-hydrogen) atoms. The highest BCUT2D eigenvalue weighted by Crippen LogP contribution is 2.27. The third-order valence-electron chi connectivity index (χ3n) is 2.66. The van der Waals surface area contributed by atoms with E-state index < -0.39 is 0 Å². The molecule has 0 aliphatic rings. The van der Waals surface area contributed by atoms with Crippen LogP contribution in [-0.4, -0.2) is 16.0 Å². The van der Waals surface area contributed by atoms with Crippen molar-refractivity contribution in [1.82, 2.24) is 10.2 Å². The van der Waals surface area contributed by atoms with Gasteiger partial charge < -0.3 is 4.42 Å². The lowest BCUT2D eigenvalue weighted by molar-refractivity contribution is 0.466. The van der Waals surface area contributed by atoms with Crippen LogP contribution in [0.5, 0.6) is 0 Å². The highest BCUT2D eigenvalue weighted by atomic mass is 32.2. The fourth-order valence-electron chi connectivity index (χ4n) is 1.59. The molecule has 0 amide bonds. The monoisotopic (exact) mass is 273 g/mol. The smallest absolute Gasteiger partial charge is 0.277 e. The minimum Gasteiger partial charge on any atom is -0.411 e. The van der Waals surface area contributed by atoms with Gasteiger partial charge in [0.15, 0.2) is 0 Å². The van der Waals surface area contributed by atoms with Crippen molar-refractivity contribution in [2.75, 3.05) is 5.75 Å². The first-order chi connectivity index (χ1) is 9.00. The van der Waals surface area contributed by atoms with Crippen LogP contribution in [0.1, 0.15) is 26.3 Å². The minimum atomic E-state index is 0.126. The van der Waals surface area contributed by atoms with Crippen molar-refractivity contribution >= 4 is 11.8 Å². The van der Waals surface area contributed by atoms with Crippen LogP contribution in [0, 0.1) is 11.3 Å². The molecule has 4 nitrogen and oxygen atoms in total. The Morgan fingerprint density at radius 1 is 1.21 bits per heavy atom. The maximum Gasteiger partial charge on any atom is 0.277 e. The van der Waals surface area contributed by atoms with Gasteiger partial charge in [0.25, 0.3) is 5.22 Å². The topological polar surface area (TPSA) is 62.7 Å². The van der Waals surface area contributed by atoms with E-state index in [1.165, 1.54) is 17.3 Å². The first-order valence-electron chi connectivity index (χ1n) is 5.95. The minimum absolute atomic E-state index is 0.126. The molecular weight excluding hydrogens is 258 g/mol. The molecule has 0 bridgehead atoms. The van der Waals surface area contributed by atoms with Gasteiger partial charge in [-0.25, -0.2) is 0 Å². The number of aromatic nitrogens is 2. The quantitative estimate of drug-likeness (QED) is 0.799. The van der Waals surface area contributed by atoms with Gasteiger partial charge in [0.1, 0.15) is 0 Å². The molecule has 0 spiro atoms. The molecule has 0 N–H and O–H groups in total. The molecule has 0 unspecified atom stereocenters. The lowest BCUT2D eigenvalue weighted by atomic mass is 9.87. The van der Waals surface area contributed by atoms with Gasteiger partial charge in [0.2, 0.25) is 5.89 Å². The van der Waals surface area contributed by atoms with Crippen LogP contribution in [0.25, 0.3) is 11.5 Å². The Morgan fingerprint density at radius 3 is 2.47 bits per heavy atom. The zero-order chi connectivity index (χ0) is 13.9. The molecule has 0 aliphatic carbocycles. The number of nitriles is 1. The SMILES string of the molecule is CC(C)(C)c1ccc(-c2nnc(SCC#N)o2)cc1. The van der Waals surface area contributed by atoms with E-state index in [9.17, 15) is 0 Å². The van der Waals surface area contributed by atoms with E-state index in [0.717, 1.165) is 5.56 Å². The normalized spacial score (nSPS) is 11.3. The fourth-order valence-corrected chi connectivity index (χ4v) is 2.02. The Balaban J connectivity index is 2.18. The van der Waals surface area contributed by atoms with Crippen molar-refractivity contribution in [2.45, 2.75) is 31.4 Å². The maximum absolute atomic E-state index is 8.50. The second-order valence-corrected chi connectivity index (χ2v) is 6.07.